The van der Waals surface area contributed by atoms with Crippen LogP contribution in [-0.4, -0.2) is 47.5 Å². The molecular weight excluding hydrogens is 240 g/mol. The van der Waals surface area contributed by atoms with Crippen LogP contribution < -0.4 is 0 Å². The molecule has 1 aromatic heterocycles. The maximum Gasteiger partial charge on any atom is 0.254 e. The van der Waals surface area contributed by atoms with E-state index in [-0.39, 0.29) is 11.9 Å². The predicted molar refractivity (Wildman–Crippen MR) is 65.3 cm³/mol. The molecule has 0 N–H and O–H groups in total. The van der Waals surface area contributed by atoms with E-state index in [0.29, 0.717) is 31.2 Å². The van der Waals surface area contributed by atoms with Crippen LogP contribution in [0.1, 0.15) is 16.1 Å². The van der Waals surface area contributed by atoms with Gasteiger partial charge in [-0.2, -0.15) is 0 Å². The molecule has 0 aromatic carbocycles. The third kappa shape index (κ3) is 2.76. The highest BCUT2D eigenvalue weighted by Crippen LogP contribution is 2.13. The third-order valence-electron chi connectivity index (χ3n) is 2.81. The van der Waals surface area contributed by atoms with Crippen LogP contribution in [-0.2, 0) is 4.74 Å². The van der Waals surface area contributed by atoms with E-state index in [9.17, 15) is 4.79 Å². The molecule has 4 nitrogen and oxygen atoms in total. The SMILES string of the molecule is Cc1cc(C(=O)N2CCOCC2CCl)ccn1. The molecule has 1 saturated heterocycles. The standard InChI is InChI=1S/C12H15ClN2O2/c1-9-6-10(2-3-14-9)12(16)15-4-5-17-8-11(15)7-13/h2-3,6,11H,4-5,7-8H2,1H3. The number of carbonyl (C=O) groups is 1. The lowest BCUT2D eigenvalue weighted by Crippen LogP contribution is -2.49. The van der Waals surface area contributed by atoms with Gasteiger partial charge in [-0.05, 0) is 19.1 Å². The van der Waals surface area contributed by atoms with E-state index in [1.54, 1.807) is 23.2 Å². The Bertz CT molecular complexity index is 411. The first-order valence-electron chi connectivity index (χ1n) is 5.59. The van der Waals surface area contributed by atoms with Gasteiger partial charge in [0.05, 0.1) is 19.3 Å². The van der Waals surface area contributed by atoms with Crippen molar-refractivity contribution in [2.45, 2.75) is 13.0 Å². The minimum Gasteiger partial charge on any atom is -0.377 e. The maximum absolute atomic E-state index is 12.3. The summed E-state index contributed by atoms with van der Waals surface area (Å²) in [6.45, 7) is 3.55. The van der Waals surface area contributed by atoms with E-state index in [1.807, 2.05) is 6.92 Å². The van der Waals surface area contributed by atoms with Crippen LogP contribution in [0.3, 0.4) is 0 Å². The molecule has 0 aliphatic carbocycles. The Hall–Kier alpha value is -1.13. The molecule has 0 bridgehead atoms. The van der Waals surface area contributed by atoms with Crippen molar-refractivity contribution in [1.29, 1.82) is 0 Å². The molecule has 1 fully saturated rings. The molecule has 0 saturated carbocycles. The van der Waals surface area contributed by atoms with Gasteiger partial charge in [-0.15, -0.1) is 11.6 Å². The smallest absolute Gasteiger partial charge is 0.254 e. The van der Waals surface area contributed by atoms with Crippen LogP contribution in [0, 0.1) is 6.92 Å². The molecule has 0 spiro atoms. The number of morpholine rings is 1. The molecular formula is C12H15ClN2O2. The fraction of sp³-hybridized carbons (Fsp3) is 0.500. The zero-order chi connectivity index (χ0) is 12.3. The van der Waals surface area contributed by atoms with Gasteiger partial charge in [-0.25, -0.2) is 0 Å². The van der Waals surface area contributed by atoms with Crippen LogP contribution in [0.15, 0.2) is 18.3 Å². The number of pyridine rings is 1. The van der Waals surface area contributed by atoms with Gasteiger partial charge in [0, 0.05) is 29.9 Å². The van der Waals surface area contributed by atoms with Gasteiger partial charge >= 0.3 is 0 Å². The topological polar surface area (TPSA) is 42.4 Å². The van der Waals surface area contributed by atoms with Crippen molar-refractivity contribution in [1.82, 2.24) is 9.88 Å². The molecule has 2 heterocycles. The van der Waals surface area contributed by atoms with Gasteiger partial charge < -0.3 is 9.64 Å². The van der Waals surface area contributed by atoms with Crippen LogP contribution in [0.5, 0.6) is 0 Å². The largest absolute Gasteiger partial charge is 0.377 e. The minimum absolute atomic E-state index is 0.00412. The summed E-state index contributed by atoms with van der Waals surface area (Å²) in [7, 11) is 0. The van der Waals surface area contributed by atoms with Crippen LogP contribution in [0.25, 0.3) is 0 Å². The van der Waals surface area contributed by atoms with Crippen LogP contribution in [0.4, 0.5) is 0 Å². The summed E-state index contributed by atoms with van der Waals surface area (Å²) in [5.41, 5.74) is 1.50. The minimum atomic E-state index is -0.0358. The first kappa shape index (κ1) is 12.3. The van der Waals surface area contributed by atoms with Gasteiger partial charge in [-0.3, -0.25) is 9.78 Å². The Morgan fingerprint density at radius 2 is 2.53 bits per heavy atom. The number of ether oxygens (including phenoxy) is 1. The van der Waals surface area contributed by atoms with Gasteiger partial charge in [0.2, 0.25) is 0 Å². The van der Waals surface area contributed by atoms with Gasteiger partial charge in [0.15, 0.2) is 0 Å². The summed E-state index contributed by atoms with van der Waals surface area (Å²) in [5.74, 6) is 0.403. The molecule has 92 valence electrons. The lowest BCUT2D eigenvalue weighted by atomic mass is 10.1. The predicted octanol–water partition coefficient (Wildman–Crippen LogP) is 1.47. The van der Waals surface area contributed by atoms with E-state index >= 15 is 0 Å². The van der Waals surface area contributed by atoms with Crippen molar-refractivity contribution in [2.75, 3.05) is 25.6 Å². The zero-order valence-electron chi connectivity index (χ0n) is 9.73. The number of halogens is 1. The summed E-state index contributed by atoms with van der Waals surface area (Å²) in [4.78, 5) is 18.2. The quantitative estimate of drug-likeness (QED) is 0.751. The van der Waals surface area contributed by atoms with Crippen molar-refractivity contribution >= 4 is 17.5 Å². The van der Waals surface area contributed by atoms with E-state index in [2.05, 4.69) is 4.98 Å². The monoisotopic (exact) mass is 254 g/mol. The summed E-state index contributed by atoms with van der Waals surface area (Å²) in [5, 5.41) is 0. The number of nitrogens with zero attached hydrogens (tertiary/aromatic N) is 2. The number of aromatic nitrogens is 1. The summed E-state index contributed by atoms with van der Waals surface area (Å²) in [6, 6.07) is 3.49. The lowest BCUT2D eigenvalue weighted by molar-refractivity contribution is 0.00455. The summed E-state index contributed by atoms with van der Waals surface area (Å²) < 4.78 is 5.32. The normalized spacial score (nSPS) is 20.4. The molecule has 5 heteroatoms. The molecule has 2 rings (SSSR count). The first-order chi connectivity index (χ1) is 8.22. The van der Waals surface area contributed by atoms with Crippen molar-refractivity contribution in [3.63, 3.8) is 0 Å². The van der Waals surface area contributed by atoms with E-state index in [1.165, 1.54) is 0 Å². The van der Waals surface area contributed by atoms with E-state index < -0.39 is 0 Å². The maximum atomic E-state index is 12.3. The molecule has 1 amide bonds. The third-order valence-corrected chi connectivity index (χ3v) is 3.17. The average molecular weight is 255 g/mol. The Morgan fingerprint density at radius 1 is 1.71 bits per heavy atom. The number of amides is 1. The van der Waals surface area contributed by atoms with Gasteiger partial charge in [0.1, 0.15) is 0 Å². The van der Waals surface area contributed by atoms with Crippen molar-refractivity contribution in [2.24, 2.45) is 0 Å². The number of rotatable bonds is 2. The second kappa shape index (κ2) is 5.47. The van der Waals surface area contributed by atoms with Crippen molar-refractivity contribution in [3.8, 4) is 0 Å². The fourth-order valence-electron chi connectivity index (χ4n) is 1.89. The number of hydrogen-bond acceptors (Lipinski definition) is 3. The van der Waals surface area contributed by atoms with E-state index in [0.717, 1.165) is 5.69 Å². The van der Waals surface area contributed by atoms with Crippen molar-refractivity contribution < 1.29 is 9.53 Å². The van der Waals surface area contributed by atoms with Crippen molar-refractivity contribution in [3.05, 3.63) is 29.6 Å². The Labute approximate surface area is 106 Å². The van der Waals surface area contributed by atoms with Gasteiger partial charge in [-0.1, -0.05) is 0 Å². The number of alkyl halides is 1. The highest BCUT2D eigenvalue weighted by atomic mass is 35.5. The molecule has 0 radical (unpaired) electrons. The first-order valence-corrected chi connectivity index (χ1v) is 6.13. The average Bonchev–Trinajstić information content (AvgIpc) is 2.38. The second-order valence-corrected chi connectivity index (χ2v) is 4.38. The number of carbonyl (C=O) groups excluding carboxylic acids is 1. The number of aryl methyl sites for hydroxylation is 1. The second-order valence-electron chi connectivity index (χ2n) is 4.07. The Balaban J connectivity index is 2.18. The lowest BCUT2D eigenvalue weighted by Gasteiger charge is -2.34. The van der Waals surface area contributed by atoms with Crippen LogP contribution in [0.2, 0.25) is 0 Å². The Kier molecular flexibility index (Phi) is 3.97. The summed E-state index contributed by atoms with van der Waals surface area (Å²) >= 11 is 5.85. The Morgan fingerprint density at radius 3 is 3.24 bits per heavy atom. The summed E-state index contributed by atoms with van der Waals surface area (Å²) in [6.07, 6.45) is 1.65. The van der Waals surface area contributed by atoms with Crippen LogP contribution >= 0.6 is 11.6 Å². The molecule has 1 aromatic rings. The van der Waals surface area contributed by atoms with Gasteiger partial charge in [0.25, 0.3) is 5.91 Å². The fourth-order valence-corrected chi connectivity index (χ4v) is 2.15. The number of hydrogen-bond donors (Lipinski definition) is 0. The molecule has 1 atom stereocenters. The molecule has 1 aliphatic heterocycles. The van der Waals surface area contributed by atoms with E-state index in [4.69, 9.17) is 16.3 Å². The highest BCUT2D eigenvalue weighted by molar-refractivity contribution is 6.18. The molecule has 17 heavy (non-hydrogen) atoms. The molecule has 1 unspecified atom stereocenters. The highest BCUT2D eigenvalue weighted by Gasteiger charge is 2.27. The zero-order valence-corrected chi connectivity index (χ0v) is 10.5. The molecule has 1 aliphatic rings.